The lowest BCUT2D eigenvalue weighted by atomic mass is 9.67. The molecule has 0 aromatic heterocycles. The highest BCUT2D eigenvalue weighted by molar-refractivity contribution is 7.99. The summed E-state index contributed by atoms with van der Waals surface area (Å²) in [5.74, 6) is 0. The molecule has 2 heteroatoms. The van der Waals surface area contributed by atoms with E-state index in [4.69, 9.17) is 0 Å². The van der Waals surface area contributed by atoms with Gasteiger partial charge in [-0.05, 0) is 102 Å². The van der Waals surface area contributed by atoms with Crippen molar-refractivity contribution < 1.29 is 0 Å². The predicted octanol–water partition coefficient (Wildman–Crippen LogP) is 17.4. The number of hydrogen-bond acceptors (Lipinski definition) is 2. The number of para-hydroxylation sites is 2. The van der Waals surface area contributed by atoms with Gasteiger partial charge in [-0.1, -0.05) is 233 Å². The highest BCUT2D eigenvalue weighted by Crippen LogP contribution is 2.64. The van der Waals surface area contributed by atoms with Gasteiger partial charge in [0, 0.05) is 26.5 Å². The third-order valence-electron chi connectivity index (χ3n) is 13.7. The summed E-state index contributed by atoms with van der Waals surface area (Å²) >= 11 is 1.89. The van der Waals surface area contributed by atoms with Gasteiger partial charge in [-0.15, -0.1) is 0 Å². The summed E-state index contributed by atoms with van der Waals surface area (Å²) in [6, 6.07) is 86.0. The molecule has 1 spiro atoms. The minimum absolute atomic E-state index is 0.0463. The first-order valence-corrected chi connectivity index (χ1v) is 23.5. The van der Waals surface area contributed by atoms with Gasteiger partial charge in [-0.3, -0.25) is 0 Å². The lowest BCUT2D eigenvalue weighted by Gasteiger charge is -2.40. The molecule has 0 N–H and O–H groups in total. The number of benzene rings is 10. The Hall–Kier alpha value is -7.39. The average Bonchev–Trinajstić information content (AvgIpc) is 3.65. The average molecular weight is 850 g/mol. The molecule has 2 aliphatic rings. The maximum absolute atomic E-state index is 2.58. The van der Waals surface area contributed by atoms with E-state index in [0.29, 0.717) is 0 Å². The van der Waals surface area contributed by atoms with E-state index in [1.54, 1.807) is 0 Å². The van der Waals surface area contributed by atoms with Crippen molar-refractivity contribution in [2.24, 2.45) is 0 Å². The van der Waals surface area contributed by atoms with Crippen LogP contribution in [0.15, 0.2) is 240 Å². The Labute approximate surface area is 386 Å². The zero-order chi connectivity index (χ0) is 43.7. The summed E-state index contributed by atoms with van der Waals surface area (Å²) in [6.45, 7) is 6.85. The fourth-order valence-corrected chi connectivity index (χ4v) is 12.0. The maximum atomic E-state index is 2.58. The standard InChI is InChI=1S/C63H47NS/c1-62(2,3)44-38-36-43(37-39-44)46-22-10-15-31-56(46)64(57-32-16-11-25-50(57)49-41-40-45(42-20-5-4-6-21-42)47-23-7-8-24-48(47)49)58-33-19-30-55-61(58)51-26-9-12-27-52(51)63(55)53-28-13-17-34-59(53)65-60-35-18-14-29-54(60)63/h4-41H,1-3H3. The summed E-state index contributed by atoms with van der Waals surface area (Å²) in [5, 5.41) is 2.46. The van der Waals surface area contributed by atoms with Crippen LogP contribution in [-0.4, -0.2) is 0 Å². The maximum Gasteiger partial charge on any atom is 0.0736 e. The lowest BCUT2D eigenvalue weighted by molar-refractivity contribution is 0.590. The first kappa shape index (κ1) is 39.2. The minimum atomic E-state index is -0.503. The zero-order valence-electron chi connectivity index (χ0n) is 36.8. The molecule has 10 aromatic carbocycles. The molecule has 0 unspecified atom stereocenters. The molecule has 0 atom stereocenters. The molecule has 0 fully saturated rings. The minimum Gasteiger partial charge on any atom is -0.309 e. The molecule has 1 aliphatic heterocycles. The Bertz CT molecular complexity index is 3400. The van der Waals surface area contributed by atoms with Crippen molar-refractivity contribution >= 4 is 39.6 Å². The first-order chi connectivity index (χ1) is 31.9. The van der Waals surface area contributed by atoms with E-state index in [-0.39, 0.29) is 5.41 Å². The third kappa shape index (κ3) is 6.16. The lowest BCUT2D eigenvalue weighted by Crippen LogP contribution is -2.32. The van der Waals surface area contributed by atoms with Crippen LogP contribution in [0.1, 0.15) is 48.6 Å². The molecule has 0 radical (unpaired) electrons. The Morgan fingerprint density at radius 3 is 1.49 bits per heavy atom. The Kier molecular flexibility index (Phi) is 9.29. The van der Waals surface area contributed by atoms with Gasteiger partial charge in [0.1, 0.15) is 0 Å². The molecule has 12 rings (SSSR count). The van der Waals surface area contributed by atoms with E-state index in [1.807, 2.05) is 11.8 Å². The molecule has 65 heavy (non-hydrogen) atoms. The van der Waals surface area contributed by atoms with Gasteiger partial charge < -0.3 is 4.90 Å². The molecule has 0 bridgehead atoms. The second-order valence-corrected chi connectivity index (χ2v) is 19.4. The summed E-state index contributed by atoms with van der Waals surface area (Å²) in [6.07, 6.45) is 0. The van der Waals surface area contributed by atoms with E-state index in [1.165, 1.54) is 92.9 Å². The second kappa shape index (κ2) is 15.4. The van der Waals surface area contributed by atoms with Crippen molar-refractivity contribution in [3.05, 3.63) is 258 Å². The number of nitrogens with zero attached hydrogens (tertiary/aromatic N) is 1. The van der Waals surface area contributed by atoms with Crippen molar-refractivity contribution in [2.75, 3.05) is 4.90 Å². The van der Waals surface area contributed by atoms with Gasteiger partial charge in [0.05, 0.1) is 22.5 Å². The van der Waals surface area contributed by atoms with Crippen molar-refractivity contribution in [2.45, 2.75) is 41.4 Å². The third-order valence-corrected chi connectivity index (χ3v) is 14.9. The molecule has 0 saturated carbocycles. The van der Waals surface area contributed by atoms with Crippen LogP contribution in [-0.2, 0) is 10.8 Å². The summed E-state index contributed by atoms with van der Waals surface area (Å²) in [4.78, 5) is 5.18. The molecule has 1 heterocycles. The predicted molar refractivity (Wildman–Crippen MR) is 275 cm³/mol. The number of anilines is 3. The molecular weight excluding hydrogens is 803 g/mol. The highest BCUT2D eigenvalue weighted by Gasteiger charge is 2.51. The van der Waals surface area contributed by atoms with E-state index >= 15 is 0 Å². The van der Waals surface area contributed by atoms with E-state index < -0.39 is 5.41 Å². The zero-order valence-corrected chi connectivity index (χ0v) is 37.6. The number of hydrogen-bond donors (Lipinski definition) is 0. The monoisotopic (exact) mass is 849 g/mol. The van der Waals surface area contributed by atoms with Gasteiger partial charge >= 0.3 is 0 Å². The molecule has 0 saturated heterocycles. The fraction of sp³-hybridized carbons (Fsp3) is 0.0794. The van der Waals surface area contributed by atoms with Gasteiger partial charge in [0.2, 0.25) is 0 Å². The van der Waals surface area contributed by atoms with E-state index in [2.05, 4.69) is 256 Å². The van der Waals surface area contributed by atoms with Crippen LogP contribution < -0.4 is 4.90 Å². The number of rotatable bonds is 6. The molecular formula is C63H47NS. The molecule has 10 aromatic rings. The van der Waals surface area contributed by atoms with Crippen LogP contribution in [0.5, 0.6) is 0 Å². The Morgan fingerprint density at radius 2 is 0.815 bits per heavy atom. The van der Waals surface area contributed by atoms with Crippen LogP contribution in [0.25, 0.3) is 55.3 Å². The smallest absolute Gasteiger partial charge is 0.0736 e. The van der Waals surface area contributed by atoms with Crippen LogP contribution in [0.2, 0.25) is 0 Å². The molecule has 310 valence electrons. The van der Waals surface area contributed by atoms with Crippen molar-refractivity contribution in [1.29, 1.82) is 0 Å². The molecule has 1 nitrogen and oxygen atoms in total. The van der Waals surface area contributed by atoms with E-state index in [9.17, 15) is 0 Å². The highest BCUT2D eigenvalue weighted by atomic mass is 32.2. The quantitative estimate of drug-likeness (QED) is 0.164. The van der Waals surface area contributed by atoms with E-state index in [0.717, 1.165) is 17.1 Å². The Morgan fingerprint density at radius 1 is 0.338 bits per heavy atom. The van der Waals surface area contributed by atoms with Gasteiger partial charge in [-0.25, -0.2) is 0 Å². The van der Waals surface area contributed by atoms with Crippen LogP contribution in [0, 0.1) is 0 Å². The SMILES string of the molecule is CC(C)(C)c1ccc(-c2ccccc2N(c2ccccc2-c2ccc(-c3ccccc3)c3ccccc23)c2cccc3c2-c2ccccc2C32c3ccccc3Sc3ccccc32)cc1. The van der Waals surface area contributed by atoms with Gasteiger partial charge in [0.25, 0.3) is 0 Å². The first-order valence-electron chi connectivity index (χ1n) is 22.7. The summed E-state index contributed by atoms with van der Waals surface area (Å²) in [7, 11) is 0. The largest absolute Gasteiger partial charge is 0.309 e. The van der Waals surface area contributed by atoms with Crippen molar-refractivity contribution in [3.63, 3.8) is 0 Å². The molecule has 0 amide bonds. The van der Waals surface area contributed by atoms with Crippen LogP contribution in [0.4, 0.5) is 17.1 Å². The summed E-state index contributed by atoms with van der Waals surface area (Å²) < 4.78 is 0. The van der Waals surface area contributed by atoms with Crippen LogP contribution in [0.3, 0.4) is 0 Å². The fourth-order valence-electron chi connectivity index (χ4n) is 10.8. The number of fused-ring (bicyclic) bond motifs is 10. The van der Waals surface area contributed by atoms with Crippen LogP contribution >= 0.6 is 11.8 Å². The second-order valence-electron chi connectivity index (χ2n) is 18.4. The topological polar surface area (TPSA) is 3.24 Å². The van der Waals surface area contributed by atoms with Crippen molar-refractivity contribution in [3.8, 4) is 44.5 Å². The normalized spacial score (nSPS) is 13.2. The summed E-state index contributed by atoms with van der Waals surface area (Å²) in [5.41, 5.74) is 19.3. The van der Waals surface area contributed by atoms with Crippen molar-refractivity contribution in [1.82, 2.24) is 0 Å². The van der Waals surface area contributed by atoms with Gasteiger partial charge in [0.15, 0.2) is 0 Å². The molecule has 1 aliphatic carbocycles. The Balaban J connectivity index is 1.17. The van der Waals surface area contributed by atoms with Gasteiger partial charge in [-0.2, -0.15) is 0 Å².